The maximum Gasteiger partial charge on any atom is 0.416 e. The van der Waals surface area contributed by atoms with E-state index < -0.39 is 23.6 Å². The molecule has 2 aromatic carbocycles. The number of anilines is 2. The van der Waals surface area contributed by atoms with Crippen LogP contribution in [0.15, 0.2) is 46.8 Å². The maximum absolute atomic E-state index is 12.8. The van der Waals surface area contributed by atoms with E-state index >= 15 is 0 Å². The highest BCUT2D eigenvalue weighted by atomic mass is 32.2. The molecule has 35 heavy (non-hydrogen) atoms. The van der Waals surface area contributed by atoms with Gasteiger partial charge in [-0.1, -0.05) is 29.2 Å². The smallest absolute Gasteiger partial charge is 0.416 e. The second-order valence-corrected chi connectivity index (χ2v) is 8.97. The van der Waals surface area contributed by atoms with Crippen LogP contribution in [0.1, 0.15) is 29.8 Å². The van der Waals surface area contributed by atoms with Crippen LogP contribution >= 0.6 is 23.1 Å². The number of ether oxygens (including phenoxy) is 2. The third-order valence-corrected chi connectivity index (χ3v) is 6.20. The third kappa shape index (κ3) is 7.59. The van der Waals surface area contributed by atoms with E-state index in [4.69, 9.17) is 9.47 Å². The summed E-state index contributed by atoms with van der Waals surface area (Å²) in [5.74, 6) is -0.0572. The van der Waals surface area contributed by atoms with Crippen LogP contribution < -0.4 is 20.1 Å². The Morgan fingerprint density at radius 1 is 1.00 bits per heavy atom. The molecule has 1 heterocycles. The normalized spacial score (nSPS) is 11.1. The van der Waals surface area contributed by atoms with Gasteiger partial charge in [0, 0.05) is 11.3 Å². The number of hydrogen-bond donors (Lipinski definition) is 2. The fourth-order valence-corrected chi connectivity index (χ4v) is 4.32. The van der Waals surface area contributed by atoms with Gasteiger partial charge >= 0.3 is 6.18 Å². The summed E-state index contributed by atoms with van der Waals surface area (Å²) in [6.45, 7) is 4.53. The second-order valence-electron chi connectivity index (χ2n) is 6.77. The summed E-state index contributed by atoms with van der Waals surface area (Å²) < 4.78 is 49.8. The third-order valence-electron chi connectivity index (χ3n) is 4.23. The van der Waals surface area contributed by atoms with Crippen molar-refractivity contribution in [3.63, 3.8) is 0 Å². The lowest BCUT2D eigenvalue weighted by atomic mass is 10.2. The Kier molecular flexibility index (Phi) is 8.93. The first-order chi connectivity index (χ1) is 16.7. The standard InChI is InChI=1S/C22H21F3N4O4S2/c1-3-32-16-9-8-13(10-17(16)33-4-2)19(31)27-20-28-29-21(35-20)34-12-18(30)26-15-7-5-6-14(11-15)22(23,24)25/h5-11H,3-4,12H2,1-2H3,(H,26,30)(H,27,28,31). The highest BCUT2D eigenvalue weighted by molar-refractivity contribution is 8.01. The molecule has 13 heteroatoms. The summed E-state index contributed by atoms with van der Waals surface area (Å²) in [6, 6.07) is 9.18. The largest absolute Gasteiger partial charge is 0.490 e. The first-order valence-electron chi connectivity index (χ1n) is 10.3. The fraction of sp³-hybridized carbons (Fsp3) is 0.273. The molecule has 2 N–H and O–H groups in total. The van der Waals surface area contributed by atoms with Crippen LogP contribution in [0.5, 0.6) is 11.5 Å². The number of alkyl halides is 3. The molecule has 186 valence electrons. The van der Waals surface area contributed by atoms with Crippen molar-refractivity contribution in [1.29, 1.82) is 0 Å². The molecule has 3 rings (SSSR count). The molecule has 0 aliphatic heterocycles. The van der Waals surface area contributed by atoms with Gasteiger partial charge in [0.1, 0.15) is 0 Å². The van der Waals surface area contributed by atoms with Crippen LogP contribution in [0.3, 0.4) is 0 Å². The zero-order valence-electron chi connectivity index (χ0n) is 18.6. The number of halogens is 3. The first-order valence-corrected chi connectivity index (χ1v) is 12.1. The van der Waals surface area contributed by atoms with Crippen molar-refractivity contribution in [3.8, 4) is 11.5 Å². The lowest BCUT2D eigenvalue weighted by molar-refractivity contribution is -0.137. The zero-order chi connectivity index (χ0) is 25.4. The van der Waals surface area contributed by atoms with E-state index in [9.17, 15) is 22.8 Å². The fourth-order valence-electron chi connectivity index (χ4n) is 2.78. The van der Waals surface area contributed by atoms with E-state index in [0.29, 0.717) is 34.6 Å². The minimum absolute atomic E-state index is 0.0393. The number of carbonyl (C=O) groups is 2. The summed E-state index contributed by atoms with van der Waals surface area (Å²) >= 11 is 2.10. The van der Waals surface area contributed by atoms with Crippen molar-refractivity contribution < 1.29 is 32.2 Å². The van der Waals surface area contributed by atoms with E-state index in [0.717, 1.165) is 35.2 Å². The van der Waals surface area contributed by atoms with E-state index in [1.807, 2.05) is 13.8 Å². The summed E-state index contributed by atoms with van der Waals surface area (Å²) in [5, 5.41) is 13.1. The minimum atomic E-state index is -4.50. The lowest BCUT2D eigenvalue weighted by Crippen LogP contribution is -2.15. The predicted molar refractivity (Wildman–Crippen MR) is 127 cm³/mol. The van der Waals surface area contributed by atoms with Crippen molar-refractivity contribution in [3.05, 3.63) is 53.6 Å². The Morgan fingerprint density at radius 2 is 1.74 bits per heavy atom. The highest BCUT2D eigenvalue weighted by Gasteiger charge is 2.30. The predicted octanol–water partition coefficient (Wildman–Crippen LogP) is 5.34. The molecule has 2 amide bonds. The van der Waals surface area contributed by atoms with Crippen molar-refractivity contribution in [2.75, 3.05) is 29.6 Å². The van der Waals surface area contributed by atoms with Gasteiger partial charge < -0.3 is 14.8 Å². The lowest BCUT2D eigenvalue weighted by Gasteiger charge is -2.12. The van der Waals surface area contributed by atoms with E-state index in [2.05, 4.69) is 20.8 Å². The van der Waals surface area contributed by atoms with Gasteiger partial charge in [0.05, 0.1) is 24.5 Å². The molecule has 0 saturated carbocycles. The van der Waals surface area contributed by atoms with Crippen LogP contribution in [0.4, 0.5) is 24.0 Å². The average Bonchev–Trinajstić information content (AvgIpc) is 3.26. The molecule has 3 aromatic rings. The number of nitrogens with one attached hydrogen (secondary N) is 2. The maximum atomic E-state index is 12.8. The topological polar surface area (TPSA) is 102 Å². The molecule has 0 aliphatic rings. The van der Waals surface area contributed by atoms with Gasteiger partial charge in [-0.15, -0.1) is 10.2 Å². The molecule has 0 bridgehead atoms. The molecular formula is C22H21F3N4O4S2. The number of amides is 2. The molecule has 0 fully saturated rings. The van der Waals surface area contributed by atoms with E-state index in [1.165, 1.54) is 12.1 Å². The number of rotatable bonds is 10. The number of thioether (sulfide) groups is 1. The van der Waals surface area contributed by atoms with Gasteiger partial charge in [-0.3, -0.25) is 14.9 Å². The van der Waals surface area contributed by atoms with Gasteiger partial charge in [0.2, 0.25) is 11.0 Å². The Labute approximate surface area is 207 Å². The molecule has 8 nitrogen and oxygen atoms in total. The monoisotopic (exact) mass is 526 g/mol. The van der Waals surface area contributed by atoms with E-state index in [1.54, 1.807) is 18.2 Å². The van der Waals surface area contributed by atoms with Gasteiger partial charge in [-0.05, 0) is 50.2 Å². The number of nitrogens with zero attached hydrogens (tertiary/aromatic N) is 2. The van der Waals surface area contributed by atoms with Crippen LogP contribution in [-0.2, 0) is 11.0 Å². The summed E-state index contributed by atoms with van der Waals surface area (Å²) in [7, 11) is 0. The quantitative estimate of drug-likeness (QED) is 0.272. The molecule has 0 aliphatic carbocycles. The Bertz CT molecular complexity index is 1190. The Morgan fingerprint density at radius 3 is 2.46 bits per heavy atom. The Hall–Kier alpha value is -3.32. The second kappa shape index (κ2) is 11.9. The first kappa shape index (κ1) is 26.3. The minimum Gasteiger partial charge on any atom is -0.490 e. The summed E-state index contributed by atoms with van der Waals surface area (Å²) in [6.07, 6.45) is -4.50. The van der Waals surface area contributed by atoms with E-state index in [-0.39, 0.29) is 16.6 Å². The number of aromatic nitrogens is 2. The van der Waals surface area contributed by atoms with Crippen molar-refractivity contribution in [2.24, 2.45) is 0 Å². The Balaban J connectivity index is 1.55. The zero-order valence-corrected chi connectivity index (χ0v) is 20.3. The van der Waals surface area contributed by atoms with Crippen molar-refractivity contribution in [2.45, 2.75) is 24.4 Å². The highest BCUT2D eigenvalue weighted by Crippen LogP contribution is 2.32. The number of hydrogen-bond acceptors (Lipinski definition) is 8. The summed E-state index contributed by atoms with van der Waals surface area (Å²) in [4.78, 5) is 24.7. The molecule has 0 saturated heterocycles. The SMILES string of the molecule is CCOc1ccc(C(=O)Nc2nnc(SCC(=O)Nc3cccc(C(F)(F)F)c3)s2)cc1OCC. The van der Waals surface area contributed by atoms with Crippen molar-refractivity contribution in [1.82, 2.24) is 10.2 Å². The van der Waals surface area contributed by atoms with Crippen LogP contribution in [0.25, 0.3) is 0 Å². The summed E-state index contributed by atoms with van der Waals surface area (Å²) in [5.41, 5.74) is -0.479. The molecular weight excluding hydrogens is 505 g/mol. The van der Waals surface area contributed by atoms with Gasteiger partial charge in [0.15, 0.2) is 15.8 Å². The van der Waals surface area contributed by atoms with Gasteiger partial charge in [-0.2, -0.15) is 13.2 Å². The molecule has 0 unspecified atom stereocenters. The van der Waals surface area contributed by atoms with Crippen LogP contribution in [0.2, 0.25) is 0 Å². The van der Waals surface area contributed by atoms with Gasteiger partial charge in [-0.25, -0.2) is 0 Å². The molecule has 0 atom stereocenters. The van der Waals surface area contributed by atoms with Crippen molar-refractivity contribution >= 4 is 45.7 Å². The van der Waals surface area contributed by atoms with Gasteiger partial charge in [0.25, 0.3) is 5.91 Å². The van der Waals surface area contributed by atoms with Crippen LogP contribution in [0, 0.1) is 0 Å². The molecule has 1 aromatic heterocycles. The van der Waals surface area contributed by atoms with Crippen LogP contribution in [-0.4, -0.2) is 41.0 Å². The average molecular weight is 527 g/mol. The number of carbonyl (C=O) groups excluding carboxylic acids is 2. The molecule has 0 spiro atoms. The molecule has 0 radical (unpaired) electrons. The number of benzene rings is 2.